The Morgan fingerprint density at radius 2 is 1.59 bits per heavy atom. The number of ether oxygens (including phenoxy) is 1. The van der Waals surface area contributed by atoms with E-state index in [4.69, 9.17) is 9.15 Å². The van der Waals surface area contributed by atoms with Crippen molar-refractivity contribution in [3.8, 4) is 34.7 Å². The van der Waals surface area contributed by atoms with E-state index in [0.717, 1.165) is 12.1 Å². The third-order valence-corrected chi connectivity index (χ3v) is 2.95. The van der Waals surface area contributed by atoms with E-state index in [0.29, 0.717) is 0 Å². The van der Waals surface area contributed by atoms with Gasteiger partial charge in [-0.3, -0.25) is 4.79 Å². The van der Waals surface area contributed by atoms with Crippen LogP contribution < -0.4 is 10.2 Å². The molecule has 0 amide bonds. The first kappa shape index (κ1) is 13.6. The third-order valence-electron chi connectivity index (χ3n) is 2.95. The normalized spacial score (nSPS) is 10.7. The minimum absolute atomic E-state index is 0.0198. The van der Waals surface area contributed by atoms with Gasteiger partial charge in [0.25, 0.3) is 0 Å². The minimum atomic E-state index is -0.896. The molecule has 0 spiro atoms. The lowest BCUT2D eigenvalue weighted by molar-refractivity contribution is 0.314. The van der Waals surface area contributed by atoms with E-state index in [1.807, 2.05) is 0 Å². The number of aromatic hydroxyl groups is 4. The van der Waals surface area contributed by atoms with Gasteiger partial charge in [-0.05, 0) is 24.3 Å². The summed E-state index contributed by atoms with van der Waals surface area (Å²) >= 11 is 0. The fourth-order valence-corrected chi connectivity index (χ4v) is 1.95. The van der Waals surface area contributed by atoms with Crippen molar-refractivity contribution in [3.63, 3.8) is 0 Å². The topological polar surface area (TPSA) is 120 Å². The molecule has 0 saturated heterocycles. The standard InChI is InChI=1S/C15H10O7/c16-7-1-3-9(4-2-7)21-15-14(20)13(19)12-10(18)5-8(17)6-11(12)22-15/h1-6,16-18,20H. The zero-order valence-electron chi connectivity index (χ0n) is 11.0. The summed E-state index contributed by atoms with van der Waals surface area (Å²) in [4.78, 5) is 12.1. The monoisotopic (exact) mass is 302 g/mol. The molecule has 0 aliphatic carbocycles. The van der Waals surface area contributed by atoms with Gasteiger partial charge in [0.05, 0.1) is 0 Å². The summed E-state index contributed by atoms with van der Waals surface area (Å²) in [5.74, 6) is -1.91. The van der Waals surface area contributed by atoms with E-state index in [9.17, 15) is 25.2 Å². The number of hydrogen-bond acceptors (Lipinski definition) is 7. The van der Waals surface area contributed by atoms with E-state index in [1.165, 1.54) is 24.3 Å². The second-order valence-electron chi connectivity index (χ2n) is 4.50. The van der Waals surface area contributed by atoms with Crippen LogP contribution in [0.4, 0.5) is 0 Å². The maximum Gasteiger partial charge on any atom is 0.338 e. The summed E-state index contributed by atoms with van der Waals surface area (Å²) in [6, 6.07) is 7.57. The second-order valence-corrected chi connectivity index (χ2v) is 4.50. The van der Waals surface area contributed by atoms with Gasteiger partial charge in [0.15, 0.2) is 0 Å². The van der Waals surface area contributed by atoms with Gasteiger partial charge in [-0.15, -0.1) is 0 Å². The van der Waals surface area contributed by atoms with Crippen LogP contribution in [0.15, 0.2) is 45.6 Å². The molecule has 2 aromatic carbocycles. The summed E-state index contributed by atoms with van der Waals surface area (Å²) < 4.78 is 10.5. The Morgan fingerprint density at radius 3 is 2.27 bits per heavy atom. The van der Waals surface area contributed by atoms with Crippen LogP contribution in [-0.4, -0.2) is 20.4 Å². The van der Waals surface area contributed by atoms with Crippen LogP contribution in [0.25, 0.3) is 11.0 Å². The Bertz CT molecular complexity index is 910. The van der Waals surface area contributed by atoms with E-state index in [-0.39, 0.29) is 28.2 Å². The molecule has 3 rings (SSSR count). The Morgan fingerprint density at radius 1 is 0.909 bits per heavy atom. The highest BCUT2D eigenvalue weighted by molar-refractivity contribution is 5.86. The van der Waals surface area contributed by atoms with Gasteiger partial charge in [-0.1, -0.05) is 0 Å². The molecule has 7 nitrogen and oxygen atoms in total. The third kappa shape index (κ3) is 2.24. The molecule has 3 aromatic rings. The fraction of sp³-hybridized carbons (Fsp3) is 0. The maximum atomic E-state index is 12.1. The highest BCUT2D eigenvalue weighted by Gasteiger charge is 2.19. The van der Waals surface area contributed by atoms with Crippen LogP contribution in [0.1, 0.15) is 0 Å². The average molecular weight is 302 g/mol. The second kappa shape index (κ2) is 4.88. The van der Waals surface area contributed by atoms with Crippen LogP contribution in [0, 0.1) is 0 Å². The molecule has 1 heterocycles. The number of fused-ring (bicyclic) bond motifs is 1. The lowest BCUT2D eigenvalue weighted by atomic mass is 10.2. The van der Waals surface area contributed by atoms with Crippen LogP contribution >= 0.6 is 0 Å². The molecule has 0 radical (unpaired) electrons. The molecular formula is C15H10O7. The van der Waals surface area contributed by atoms with E-state index < -0.39 is 22.9 Å². The van der Waals surface area contributed by atoms with E-state index in [2.05, 4.69) is 0 Å². The van der Waals surface area contributed by atoms with Crippen molar-refractivity contribution in [1.29, 1.82) is 0 Å². The molecule has 0 bridgehead atoms. The van der Waals surface area contributed by atoms with Crippen molar-refractivity contribution in [2.75, 3.05) is 0 Å². The van der Waals surface area contributed by atoms with Gasteiger partial charge in [-0.2, -0.15) is 0 Å². The SMILES string of the molecule is O=c1c(O)c(Oc2ccc(O)cc2)oc2cc(O)cc(O)c12. The molecule has 0 atom stereocenters. The number of phenolic OH excluding ortho intramolecular Hbond substituents is 3. The van der Waals surface area contributed by atoms with Crippen molar-refractivity contribution in [2.45, 2.75) is 0 Å². The fourth-order valence-electron chi connectivity index (χ4n) is 1.95. The molecular weight excluding hydrogens is 292 g/mol. The zero-order valence-corrected chi connectivity index (χ0v) is 11.0. The molecule has 0 saturated carbocycles. The van der Waals surface area contributed by atoms with Gasteiger partial charge in [0.1, 0.15) is 34.0 Å². The van der Waals surface area contributed by atoms with Crippen LogP contribution in [0.2, 0.25) is 0 Å². The zero-order chi connectivity index (χ0) is 15.9. The van der Waals surface area contributed by atoms with Crippen molar-refractivity contribution >= 4 is 11.0 Å². The molecule has 22 heavy (non-hydrogen) atoms. The predicted molar refractivity (Wildman–Crippen MR) is 75.7 cm³/mol. The Hall–Kier alpha value is -3.35. The highest BCUT2D eigenvalue weighted by Crippen LogP contribution is 2.36. The molecule has 0 fully saturated rings. The Kier molecular flexibility index (Phi) is 3.03. The quantitative estimate of drug-likeness (QED) is 0.573. The van der Waals surface area contributed by atoms with Crippen LogP contribution in [0.5, 0.6) is 34.7 Å². The number of hydrogen-bond donors (Lipinski definition) is 4. The molecule has 7 heteroatoms. The Labute approximate surface area is 122 Å². The van der Waals surface area contributed by atoms with Gasteiger partial charge in [-0.25, -0.2) is 0 Å². The van der Waals surface area contributed by atoms with E-state index in [1.54, 1.807) is 0 Å². The molecule has 4 N–H and O–H groups in total. The van der Waals surface area contributed by atoms with E-state index >= 15 is 0 Å². The predicted octanol–water partition coefficient (Wildman–Crippen LogP) is 2.41. The molecule has 0 aliphatic heterocycles. The maximum absolute atomic E-state index is 12.1. The lowest BCUT2D eigenvalue weighted by Crippen LogP contribution is -2.03. The first-order valence-electron chi connectivity index (χ1n) is 6.14. The first-order chi connectivity index (χ1) is 10.5. The lowest BCUT2D eigenvalue weighted by Gasteiger charge is -2.08. The van der Waals surface area contributed by atoms with Gasteiger partial charge < -0.3 is 29.6 Å². The summed E-state index contributed by atoms with van der Waals surface area (Å²) in [5.41, 5.74) is -1.04. The van der Waals surface area contributed by atoms with Gasteiger partial charge in [0.2, 0.25) is 11.2 Å². The van der Waals surface area contributed by atoms with Crippen molar-refractivity contribution in [3.05, 3.63) is 46.6 Å². The average Bonchev–Trinajstić information content (AvgIpc) is 2.46. The van der Waals surface area contributed by atoms with Crippen molar-refractivity contribution in [1.82, 2.24) is 0 Å². The smallest absolute Gasteiger partial charge is 0.338 e. The molecule has 0 aliphatic rings. The van der Waals surface area contributed by atoms with Crippen LogP contribution in [0.3, 0.4) is 0 Å². The summed E-state index contributed by atoms with van der Waals surface area (Å²) in [7, 11) is 0. The van der Waals surface area contributed by atoms with Gasteiger partial charge in [0, 0.05) is 12.1 Å². The van der Waals surface area contributed by atoms with Crippen molar-refractivity contribution < 1.29 is 29.6 Å². The molecule has 112 valence electrons. The van der Waals surface area contributed by atoms with Gasteiger partial charge >= 0.3 is 5.95 Å². The summed E-state index contributed by atoms with van der Waals surface area (Å²) in [6.07, 6.45) is 0. The molecule has 1 aromatic heterocycles. The highest BCUT2D eigenvalue weighted by atomic mass is 16.6. The number of benzene rings is 2. The largest absolute Gasteiger partial charge is 0.508 e. The minimum Gasteiger partial charge on any atom is -0.508 e. The Balaban J connectivity index is 2.16. The van der Waals surface area contributed by atoms with Crippen LogP contribution in [-0.2, 0) is 0 Å². The summed E-state index contributed by atoms with van der Waals surface area (Å²) in [6.45, 7) is 0. The number of phenols is 3. The summed E-state index contributed by atoms with van der Waals surface area (Å²) in [5, 5.41) is 37.9. The first-order valence-corrected chi connectivity index (χ1v) is 6.14. The molecule has 0 unspecified atom stereocenters. The van der Waals surface area contributed by atoms with Crippen molar-refractivity contribution in [2.24, 2.45) is 0 Å². The number of rotatable bonds is 2.